The van der Waals surface area contributed by atoms with Crippen LogP contribution in [0.5, 0.6) is 11.5 Å². The van der Waals surface area contributed by atoms with Gasteiger partial charge in [-0.05, 0) is 25.1 Å². The molecule has 1 aromatic heterocycles. The fourth-order valence-electron chi connectivity index (χ4n) is 4.26. The number of rotatable bonds is 7. The number of nitrogens with zero attached hydrogens (tertiary/aromatic N) is 2. The number of benzene rings is 2. The molecule has 2 heterocycles. The van der Waals surface area contributed by atoms with Crippen molar-refractivity contribution in [3.8, 4) is 11.5 Å². The molecule has 3 aromatic rings. The molecule has 0 spiro atoms. The second kappa shape index (κ2) is 9.58. The molecule has 2 aromatic carbocycles. The number of carbonyl (C=O) groups is 1. The van der Waals surface area contributed by atoms with Crippen LogP contribution in [0.25, 0.3) is 10.9 Å². The number of morpholine rings is 1. The summed E-state index contributed by atoms with van der Waals surface area (Å²) in [6, 6.07) is 9.94. The number of carbonyl (C=O) groups excluding carboxylic acids is 1. The molecular weight excluding hydrogens is 413 g/mol. The molecule has 0 atom stereocenters. The summed E-state index contributed by atoms with van der Waals surface area (Å²) in [6.45, 7) is 6.48. The van der Waals surface area contributed by atoms with Crippen molar-refractivity contribution in [3.05, 3.63) is 53.5 Å². The van der Waals surface area contributed by atoms with Crippen LogP contribution in [-0.4, -0.2) is 62.4 Å². The SMILES string of the molecule is COc1ccccc1NC(=O)c1c(C)n(CCN2CCOCC2)c2c(OC)cc(F)cc12. The Morgan fingerprint density at radius 2 is 1.81 bits per heavy atom. The van der Waals surface area contributed by atoms with E-state index in [4.69, 9.17) is 14.2 Å². The lowest BCUT2D eigenvalue weighted by Crippen LogP contribution is -2.38. The summed E-state index contributed by atoms with van der Waals surface area (Å²) in [5, 5.41) is 3.44. The maximum absolute atomic E-state index is 14.4. The van der Waals surface area contributed by atoms with Crippen LogP contribution in [0.4, 0.5) is 10.1 Å². The van der Waals surface area contributed by atoms with Crippen molar-refractivity contribution in [1.82, 2.24) is 9.47 Å². The number of halogens is 1. The highest BCUT2D eigenvalue weighted by molar-refractivity contribution is 6.15. The van der Waals surface area contributed by atoms with E-state index in [9.17, 15) is 9.18 Å². The molecule has 7 nitrogen and oxygen atoms in total. The van der Waals surface area contributed by atoms with E-state index in [1.165, 1.54) is 19.2 Å². The normalized spacial score (nSPS) is 14.5. The molecule has 1 N–H and O–H groups in total. The molecule has 0 saturated carbocycles. The van der Waals surface area contributed by atoms with Crippen molar-refractivity contribution in [3.63, 3.8) is 0 Å². The molecule has 1 saturated heterocycles. The summed E-state index contributed by atoms with van der Waals surface area (Å²) in [7, 11) is 3.06. The molecule has 170 valence electrons. The van der Waals surface area contributed by atoms with Crippen LogP contribution in [0.2, 0.25) is 0 Å². The van der Waals surface area contributed by atoms with E-state index in [1.54, 1.807) is 19.2 Å². The summed E-state index contributed by atoms with van der Waals surface area (Å²) in [5.74, 6) is 0.181. The number of fused-ring (bicyclic) bond motifs is 1. The Balaban J connectivity index is 1.75. The third-order valence-corrected chi connectivity index (χ3v) is 5.89. The number of ether oxygens (including phenoxy) is 3. The van der Waals surface area contributed by atoms with Gasteiger partial charge in [0, 0.05) is 43.3 Å². The number of aromatic nitrogens is 1. The minimum atomic E-state index is -0.453. The molecule has 0 unspecified atom stereocenters. The van der Waals surface area contributed by atoms with Crippen molar-refractivity contribution >= 4 is 22.5 Å². The summed E-state index contributed by atoms with van der Waals surface area (Å²) >= 11 is 0. The highest BCUT2D eigenvalue weighted by Gasteiger charge is 2.24. The molecule has 1 aliphatic heterocycles. The van der Waals surface area contributed by atoms with Crippen molar-refractivity contribution in [1.29, 1.82) is 0 Å². The molecular formula is C24H28FN3O4. The smallest absolute Gasteiger partial charge is 0.258 e. The zero-order valence-corrected chi connectivity index (χ0v) is 18.6. The topological polar surface area (TPSA) is 65.0 Å². The lowest BCUT2D eigenvalue weighted by Gasteiger charge is -2.27. The van der Waals surface area contributed by atoms with Crippen LogP contribution in [0.3, 0.4) is 0 Å². The Morgan fingerprint density at radius 1 is 1.09 bits per heavy atom. The van der Waals surface area contributed by atoms with Crippen LogP contribution in [0.1, 0.15) is 16.1 Å². The first-order chi connectivity index (χ1) is 15.5. The van der Waals surface area contributed by atoms with Gasteiger partial charge in [0.2, 0.25) is 0 Å². The Bertz CT molecular complexity index is 1120. The van der Waals surface area contributed by atoms with E-state index >= 15 is 0 Å². The molecule has 1 fully saturated rings. The summed E-state index contributed by atoms with van der Waals surface area (Å²) in [5.41, 5.74) is 2.44. The first-order valence-electron chi connectivity index (χ1n) is 10.6. The number of nitrogens with one attached hydrogen (secondary N) is 1. The molecule has 0 bridgehead atoms. The fraction of sp³-hybridized carbons (Fsp3) is 0.375. The molecule has 8 heteroatoms. The summed E-state index contributed by atoms with van der Waals surface area (Å²) in [4.78, 5) is 15.7. The van der Waals surface area contributed by atoms with E-state index in [0.717, 1.165) is 25.3 Å². The van der Waals surface area contributed by atoms with E-state index in [1.807, 2.05) is 23.6 Å². The van der Waals surface area contributed by atoms with Gasteiger partial charge in [0.15, 0.2) is 0 Å². The fourth-order valence-corrected chi connectivity index (χ4v) is 4.26. The molecule has 1 amide bonds. The quantitative estimate of drug-likeness (QED) is 0.606. The first-order valence-corrected chi connectivity index (χ1v) is 10.6. The van der Waals surface area contributed by atoms with Crippen LogP contribution in [0, 0.1) is 12.7 Å². The van der Waals surface area contributed by atoms with Crippen molar-refractivity contribution < 1.29 is 23.4 Å². The van der Waals surface area contributed by atoms with Gasteiger partial charge in [-0.15, -0.1) is 0 Å². The number of hydrogen-bond acceptors (Lipinski definition) is 5. The van der Waals surface area contributed by atoms with E-state index in [2.05, 4.69) is 10.2 Å². The predicted octanol–water partition coefficient (Wildman–Crippen LogP) is 3.69. The average Bonchev–Trinajstić information content (AvgIpc) is 3.09. The van der Waals surface area contributed by atoms with Gasteiger partial charge < -0.3 is 24.1 Å². The Morgan fingerprint density at radius 3 is 2.53 bits per heavy atom. The van der Waals surface area contributed by atoms with Gasteiger partial charge in [0.05, 0.1) is 44.2 Å². The van der Waals surface area contributed by atoms with Gasteiger partial charge in [0.25, 0.3) is 5.91 Å². The van der Waals surface area contributed by atoms with Crippen LogP contribution < -0.4 is 14.8 Å². The third kappa shape index (κ3) is 4.28. The van der Waals surface area contributed by atoms with Gasteiger partial charge in [-0.25, -0.2) is 4.39 Å². The Hall–Kier alpha value is -3.10. The molecule has 0 radical (unpaired) electrons. The zero-order chi connectivity index (χ0) is 22.7. The lowest BCUT2D eigenvalue weighted by molar-refractivity contribution is 0.0365. The molecule has 1 aliphatic rings. The second-order valence-electron chi connectivity index (χ2n) is 7.72. The minimum Gasteiger partial charge on any atom is -0.495 e. The number of para-hydroxylation sites is 2. The second-order valence-corrected chi connectivity index (χ2v) is 7.72. The Labute approximate surface area is 186 Å². The zero-order valence-electron chi connectivity index (χ0n) is 18.6. The monoisotopic (exact) mass is 441 g/mol. The average molecular weight is 442 g/mol. The molecule has 32 heavy (non-hydrogen) atoms. The maximum Gasteiger partial charge on any atom is 0.258 e. The van der Waals surface area contributed by atoms with Crippen LogP contribution in [0.15, 0.2) is 36.4 Å². The number of methoxy groups -OCH3 is 2. The number of hydrogen-bond donors (Lipinski definition) is 1. The number of amides is 1. The minimum absolute atomic E-state index is 0.324. The molecule has 4 rings (SSSR count). The highest BCUT2D eigenvalue weighted by Crippen LogP contribution is 2.35. The predicted molar refractivity (Wildman–Crippen MR) is 121 cm³/mol. The van der Waals surface area contributed by atoms with Gasteiger partial charge in [0.1, 0.15) is 17.3 Å². The van der Waals surface area contributed by atoms with Gasteiger partial charge in [-0.3, -0.25) is 9.69 Å². The number of anilines is 1. The van der Waals surface area contributed by atoms with E-state index in [-0.39, 0.29) is 5.91 Å². The first kappa shape index (κ1) is 22.1. The third-order valence-electron chi connectivity index (χ3n) is 5.89. The van der Waals surface area contributed by atoms with Gasteiger partial charge in [-0.2, -0.15) is 0 Å². The maximum atomic E-state index is 14.4. The summed E-state index contributed by atoms with van der Waals surface area (Å²) < 4.78 is 32.8. The molecule has 0 aliphatic carbocycles. The largest absolute Gasteiger partial charge is 0.495 e. The van der Waals surface area contributed by atoms with Gasteiger partial charge >= 0.3 is 0 Å². The van der Waals surface area contributed by atoms with Crippen molar-refractivity contribution in [2.75, 3.05) is 52.4 Å². The lowest BCUT2D eigenvalue weighted by atomic mass is 10.1. The van der Waals surface area contributed by atoms with E-state index < -0.39 is 5.82 Å². The highest BCUT2D eigenvalue weighted by atomic mass is 19.1. The van der Waals surface area contributed by atoms with Gasteiger partial charge in [-0.1, -0.05) is 12.1 Å². The van der Waals surface area contributed by atoms with Crippen LogP contribution >= 0.6 is 0 Å². The van der Waals surface area contributed by atoms with Crippen molar-refractivity contribution in [2.24, 2.45) is 0 Å². The van der Waals surface area contributed by atoms with Crippen LogP contribution in [-0.2, 0) is 11.3 Å². The standard InChI is InChI=1S/C24H28FN3O4/c1-16-22(24(29)26-19-6-4-5-7-20(19)30-2)18-14-17(25)15-21(31-3)23(18)28(16)9-8-27-10-12-32-13-11-27/h4-7,14-15H,8-13H2,1-3H3,(H,26,29). The Kier molecular flexibility index (Phi) is 6.62. The van der Waals surface area contributed by atoms with E-state index in [0.29, 0.717) is 53.4 Å². The summed E-state index contributed by atoms with van der Waals surface area (Å²) in [6.07, 6.45) is 0. The van der Waals surface area contributed by atoms with Crippen molar-refractivity contribution in [2.45, 2.75) is 13.5 Å².